The van der Waals surface area contributed by atoms with Crippen molar-refractivity contribution in [1.29, 1.82) is 5.41 Å². The van der Waals surface area contributed by atoms with Crippen LogP contribution < -0.4 is 11.5 Å². The lowest BCUT2D eigenvalue weighted by atomic mass is 10.2. The molecule has 15 heavy (non-hydrogen) atoms. The van der Waals surface area contributed by atoms with E-state index in [1.54, 1.807) is 0 Å². The quantitative estimate of drug-likeness (QED) is 0.198. The molecular weight excluding hydrogens is 221 g/mol. The van der Waals surface area contributed by atoms with Crippen LogP contribution in [0, 0.1) is 5.41 Å². The van der Waals surface area contributed by atoms with Crippen molar-refractivity contribution in [3.05, 3.63) is 0 Å². The summed E-state index contributed by atoms with van der Waals surface area (Å²) < 4.78 is 14.4. The number of hydrogen-bond donors (Lipinski definition) is 5. The lowest BCUT2D eigenvalue weighted by molar-refractivity contribution is 0.193. The van der Waals surface area contributed by atoms with Gasteiger partial charge >= 0.3 is 7.82 Å². The summed E-state index contributed by atoms with van der Waals surface area (Å²) in [4.78, 5) is 16.5. The number of guanidine groups is 1. The maximum absolute atomic E-state index is 10.1. The summed E-state index contributed by atoms with van der Waals surface area (Å²) in [5.74, 6) is -0.333. The molecule has 0 saturated carbocycles. The molecular formula is C7H20N3O4P. The first-order valence-corrected chi connectivity index (χ1v) is 6.12. The van der Waals surface area contributed by atoms with Crippen LogP contribution >= 0.6 is 7.82 Å². The molecule has 0 radical (unpaired) electrons. The molecule has 0 fully saturated rings. The minimum Gasteiger partial charge on any atom is -0.370 e. The summed E-state index contributed by atoms with van der Waals surface area (Å²) >= 11 is 0. The van der Waals surface area contributed by atoms with Gasteiger partial charge < -0.3 is 21.3 Å². The molecule has 0 aromatic rings. The Labute approximate surface area is 89.6 Å². The normalized spacial score (nSPS) is 10.3. The first kappa shape index (κ1) is 16.8. The second-order valence-corrected chi connectivity index (χ2v) is 4.08. The second kappa shape index (κ2) is 9.92. The highest BCUT2D eigenvalue weighted by Gasteiger charge is 2.11. The van der Waals surface area contributed by atoms with Crippen LogP contribution in [-0.4, -0.2) is 22.4 Å². The standard InChI is InChI=1S/C6H15O4P.CH5N3/c1-2-3-4-5-6-10-11(7,8)9;2-1(3)4/h2-6H2,1H3,(H2,7,8,9);(H5,2,3,4). The number of unbranched alkanes of at least 4 members (excludes halogenated alkanes) is 3. The Bertz CT molecular complexity index is 202. The SMILES string of the molecule is CCCCCCOP(=O)(O)O.N=C(N)N. The molecule has 0 rings (SSSR count). The number of hydrogen-bond acceptors (Lipinski definition) is 3. The minimum absolute atomic E-state index is 0.157. The zero-order valence-corrected chi connectivity index (χ0v) is 9.74. The van der Waals surface area contributed by atoms with Crippen molar-refractivity contribution in [2.24, 2.45) is 11.5 Å². The van der Waals surface area contributed by atoms with Crippen molar-refractivity contribution in [2.45, 2.75) is 32.6 Å². The molecule has 92 valence electrons. The summed E-state index contributed by atoms with van der Waals surface area (Å²) in [6, 6.07) is 0. The minimum atomic E-state index is -4.21. The van der Waals surface area contributed by atoms with Gasteiger partial charge in [-0.3, -0.25) is 9.93 Å². The number of rotatable bonds is 6. The Morgan fingerprint density at radius 2 is 1.80 bits per heavy atom. The van der Waals surface area contributed by atoms with Crippen molar-refractivity contribution in [2.75, 3.05) is 6.61 Å². The van der Waals surface area contributed by atoms with Gasteiger partial charge in [-0.15, -0.1) is 0 Å². The van der Waals surface area contributed by atoms with E-state index in [1.165, 1.54) is 0 Å². The van der Waals surface area contributed by atoms with Gasteiger partial charge in [0.1, 0.15) is 0 Å². The average molecular weight is 241 g/mol. The molecule has 0 atom stereocenters. The van der Waals surface area contributed by atoms with E-state index in [4.69, 9.17) is 15.2 Å². The lowest BCUT2D eigenvalue weighted by Gasteiger charge is -2.03. The highest BCUT2D eigenvalue weighted by molar-refractivity contribution is 7.46. The molecule has 7 nitrogen and oxygen atoms in total. The van der Waals surface area contributed by atoms with Crippen LogP contribution in [0.1, 0.15) is 32.6 Å². The van der Waals surface area contributed by atoms with Gasteiger partial charge in [-0.2, -0.15) is 0 Å². The smallest absolute Gasteiger partial charge is 0.370 e. The zero-order valence-electron chi connectivity index (χ0n) is 8.85. The fourth-order valence-corrected chi connectivity index (χ4v) is 1.08. The van der Waals surface area contributed by atoms with Crippen LogP contribution in [0.5, 0.6) is 0 Å². The summed E-state index contributed by atoms with van der Waals surface area (Å²) in [7, 11) is -4.21. The molecule has 0 aromatic carbocycles. The van der Waals surface area contributed by atoms with Crippen LogP contribution in [0.15, 0.2) is 0 Å². The molecule has 0 aliphatic rings. The number of nitrogens with one attached hydrogen (secondary N) is 1. The van der Waals surface area contributed by atoms with Gasteiger partial charge in [0.25, 0.3) is 0 Å². The Morgan fingerprint density at radius 3 is 2.13 bits per heavy atom. The van der Waals surface area contributed by atoms with Crippen LogP contribution in [0.4, 0.5) is 0 Å². The molecule has 7 N–H and O–H groups in total. The zero-order chi connectivity index (χ0) is 12.3. The van der Waals surface area contributed by atoms with E-state index >= 15 is 0 Å². The van der Waals surface area contributed by atoms with Crippen LogP contribution in [-0.2, 0) is 9.09 Å². The number of phosphoric ester groups is 1. The van der Waals surface area contributed by atoms with Gasteiger partial charge in [0.2, 0.25) is 0 Å². The van der Waals surface area contributed by atoms with Crippen LogP contribution in [0.25, 0.3) is 0 Å². The van der Waals surface area contributed by atoms with Crippen molar-refractivity contribution in [3.63, 3.8) is 0 Å². The van der Waals surface area contributed by atoms with Gasteiger partial charge in [-0.05, 0) is 6.42 Å². The van der Waals surface area contributed by atoms with Gasteiger partial charge in [0, 0.05) is 0 Å². The van der Waals surface area contributed by atoms with Gasteiger partial charge in [0.15, 0.2) is 5.96 Å². The third-order valence-electron chi connectivity index (χ3n) is 1.26. The third-order valence-corrected chi connectivity index (χ3v) is 1.78. The monoisotopic (exact) mass is 241 g/mol. The molecule has 0 saturated heterocycles. The Morgan fingerprint density at radius 1 is 1.33 bits per heavy atom. The van der Waals surface area contributed by atoms with E-state index < -0.39 is 7.82 Å². The lowest BCUT2D eigenvalue weighted by Crippen LogP contribution is -2.20. The molecule has 0 unspecified atom stereocenters. The Hall–Kier alpha value is -0.620. The van der Waals surface area contributed by atoms with Crippen molar-refractivity contribution >= 4 is 13.8 Å². The van der Waals surface area contributed by atoms with E-state index in [9.17, 15) is 4.57 Å². The van der Waals surface area contributed by atoms with Crippen molar-refractivity contribution in [3.8, 4) is 0 Å². The first-order chi connectivity index (χ1) is 6.79. The fourth-order valence-electron chi connectivity index (χ4n) is 0.712. The second-order valence-electron chi connectivity index (χ2n) is 2.84. The molecule has 0 aliphatic carbocycles. The van der Waals surface area contributed by atoms with Crippen molar-refractivity contribution < 1.29 is 18.9 Å². The van der Waals surface area contributed by atoms with E-state index in [-0.39, 0.29) is 12.6 Å². The predicted octanol–water partition coefficient (Wildman–Crippen LogP) is 0.515. The third kappa shape index (κ3) is 31.8. The highest BCUT2D eigenvalue weighted by Crippen LogP contribution is 2.35. The van der Waals surface area contributed by atoms with Crippen molar-refractivity contribution in [1.82, 2.24) is 0 Å². The van der Waals surface area contributed by atoms with Gasteiger partial charge in [0.05, 0.1) is 6.61 Å². The number of phosphoric acid groups is 1. The number of nitrogens with two attached hydrogens (primary N) is 2. The van der Waals surface area contributed by atoms with Gasteiger partial charge in [-0.25, -0.2) is 4.57 Å². The van der Waals surface area contributed by atoms with Gasteiger partial charge in [-0.1, -0.05) is 26.2 Å². The molecule has 0 aliphatic heterocycles. The summed E-state index contributed by atoms with van der Waals surface area (Å²) in [5, 5.41) is 6.06. The van der Waals surface area contributed by atoms with E-state index in [0.717, 1.165) is 25.7 Å². The van der Waals surface area contributed by atoms with E-state index in [2.05, 4.69) is 22.9 Å². The summed E-state index contributed by atoms with van der Waals surface area (Å²) in [5.41, 5.74) is 8.94. The van der Waals surface area contributed by atoms with Crippen LogP contribution in [0.3, 0.4) is 0 Å². The maximum atomic E-state index is 10.1. The van der Waals surface area contributed by atoms with Crippen LogP contribution in [0.2, 0.25) is 0 Å². The molecule has 0 heterocycles. The first-order valence-electron chi connectivity index (χ1n) is 4.59. The topological polar surface area (TPSA) is 143 Å². The largest absolute Gasteiger partial charge is 0.469 e. The summed E-state index contributed by atoms with van der Waals surface area (Å²) in [6.45, 7) is 2.23. The fraction of sp³-hybridized carbons (Fsp3) is 0.857. The summed E-state index contributed by atoms with van der Waals surface area (Å²) in [6.07, 6.45) is 3.88. The molecule has 0 amide bonds. The molecule has 0 bridgehead atoms. The maximum Gasteiger partial charge on any atom is 0.469 e. The Kier molecular flexibility index (Phi) is 11.1. The average Bonchev–Trinajstić information content (AvgIpc) is 2.01. The Balaban J connectivity index is 0. The highest BCUT2D eigenvalue weighted by atomic mass is 31.2. The molecule has 8 heteroatoms. The van der Waals surface area contributed by atoms with E-state index in [0.29, 0.717) is 0 Å². The van der Waals surface area contributed by atoms with E-state index in [1.807, 2.05) is 0 Å². The molecule has 0 aromatic heterocycles. The predicted molar refractivity (Wildman–Crippen MR) is 58.2 cm³/mol. The molecule has 0 spiro atoms.